The molecule has 0 spiro atoms. The first-order valence-electron chi connectivity index (χ1n) is 9.80. The molecule has 2 rings (SSSR count). The number of nitrogens with zero attached hydrogens (tertiary/aromatic N) is 4. The molecule has 0 fully saturated rings. The third-order valence-corrected chi connectivity index (χ3v) is 4.91. The van der Waals surface area contributed by atoms with Crippen molar-refractivity contribution in [1.29, 1.82) is 0 Å². The van der Waals surface area contributed by atoms with Crippen molar-refractivity contribution in [2.24, 2.45) is 5.92 Å². The summed E-state index contributed by atoms with van der Waals surface area (Å²) in [4.78, 5) is 16.6. The van der Waals surface area contributed by atoms with Gasteiger partial charge in [0.05, 0.1) is 26.0 Å². The summed E-state index contributed by atoms with van der Waals surface area (Å²) in [6, 6.07) is 0.877. The van der Waals surface area contributed by atoms with E-state index in [1.807, 2.05) is 13.8 Å². The van der Waals surface area contributed by atoms with E-state index < -0.39 is 15.8 Å². The molecular formula is C19H29FN6O4S. The molecule has 0 radical (unpaired) electrons. The van der Waals surface area contributed by atoms with Gasteiger partial charge in [-0.3, -0.25) is 4.72 Å². The Hall–Kier alpha value is -2.60. The largest absolute Gasteiger partial charge is 0.481 e. The summed E-state index contributed by atoms with van der Waals surface area (Å²) >= 11 is 0. The van der Waals surface area contributed by atoms with Crippen LogP contribution < -0.4 is 14.8 Å². The number of aliphatic hydroxyl groups is 1. The molecule has 10 nitrogen and oxygen atoms in total. The fourth-order valence-electron chi connectivity index (χ4n) is 3.00. The van der Waals surface area contributed by atoms with E-state index in [9.17, 15) is 17.9 Å². The minimum absolute atomic E-state index is 0.122. The highest BCUT2D eigenvalue weighted by Crippen LogP contribution is 2.24. The van der Waals surface area contributed by atoms with Gasteiger partial charge >= 0.3 is 0 Å². The molecule has 0 aliphatic carbocycles. The van der Waals surface area contributed by atoms with Gasteiger partial charge in [0.15, 0.2) is 0 Å². The van der Waals surface area contributed by atoms with Crippen LogP contribution in [0, 0.1) is 11.7 Å². The normalized spacial score (nSPS) is 13.7. The highest BCUT2D eigenvalue weighted by molar-refractivity contribution is 7.91. The number of hydrogen-bond donors (Lipinski definition) is 3. The van der Waals surface area contributed by atoms with E-state index in [-0.39, 0.29) is 48.6 Å². The number of methoxy groups -OCH3 is 1. The molecule has 0 saturated carbocycles. The monoisotopic (exact) mass is 456 g/mol. The van der Waals surface area contributed by atoms with Crippen LogP contribution in [0.2, 0.25) is 0 Å². The predicted octanol–water partition coefficient (Wildman–Crippen LogP) is 1.95. The molecule has 2 atom stereocenters. The number of aromatic nitrogens is 4. The smallest absolute Gasteiger partial charge is 0.241 e. The number of halogens is 1. The molecule has 172 valence electrons. The molecule has 0 bridgehead atoms. The Labute approximate surface area is 181 Å². The van der Waals surface area contributed by atoms with E-state index in [2.05, 4.69) is 30.0 Å². The zero-order chi connectivity index (χ0) is 23.2. The molecule has 0 aliphatic heterocycles. The number of hydrogen-bond acceptors (Lipinski definition) is 9. The van der Waals surface area contributed by atoms with Crippen LogP contribution in [0.25, 0.3) is 0 Å². The highest BCUT2D eigenvalue weighted by atomic mass is 32.2. The number of aliphatic hydroxyl groups excluding tert-OH is 1. The number of pyridine rings is 1. The van der Waals surface area contributed by atoms with E-state index in [4.69, 9.17) is 4.74 Å². The van der Waals surface area contributed by atoms with Crippen molar-refractivity contribution < 1.29 is 22.7 Å². The number of nitrogens with one attached hydrogen (secondary N) is 2. The second-order valence-corrected chi connectivity index (χ2v) is 9.53. The minimum atomic E-state index is -3.62. The fraction of sp³-hybridized carbons (Fsp3) is 0.579. The molecule has 2 aromatic rings. The lowest BCUT2D eigenvalue weighted by molar-refractivity contribution is 0.259. The summed E-state index contributed by atoms with van der Waals surface area (Å²) in [5.74, 6) is -0.131. The number of sulfonamides is 1. The third-order valence-electron chi connectivity index (χ3n) is 4.35. The van der Waals surface area contributed by atoms with Crippen LogP contribution in [0.1, 0.15) is 44.5 Å². The van der Waals surface area contributed by atoms with Crippen LogP contribution in [0.15, 0.2) is 12.3 Å². The van der Waals surface area contributed by atoms with Crippen molar-refractivity contribution in [2.75, 3.05) is 30.0 Å². The average Bonchev–Trinajstić information content (AvgIpc) is 2.65. The van der Waals surface area contributed by atoms with E-state index in [1.165, 1.54) is 19.4 Å². The Morgan fingerprint density at radius 2 is 1.87 bits per heavy atom. The van der Waals surface area contributed by atoms with Crippen LogP contribution in [0.5, 0.6) is 5.88 Å². The maximum atomic E-state index is 14.4. The number of rotatable bonds is 11. The molecule has 2 aromatic heterocycles. The maximum Gasteiger partial charge on any atom is 0.241 e. The molecular weight excluding hydrogens is 427 g/mol. The molecule has 0 aliphatic rings. The van der Waals surface area contributed by atoms with Gasteiger partial charge in [0.2, 0.25) is 27.8 Å². The van der Waals surface area contributed by atoms with E-state index in [0.29, 0.717) is 17.9 Å². The topological polar surface area (TPSA) is 139 Å². The molecule has 0 aromatic carbocycles. The molecule has 0 unspecified atom stereocenters. The molecule has 0 saturated heterocycles. The van der Waals surface area contributed by atoms with Crippen LogP contribution >= 0.6 is 0 Å². The predicted molar refractivity (Wildman–Crippen MR) is 115 cm³/mol. The van der Waals surface area contributed by atoms with Crippen LogP contribution in [-0.2, 0) is 16.4 Å². The van der Waals surface area contributed by atoms with E-state index in [0.717, 1.165) is 6.26 Å². The second kappa shape index (κ2) is 10.6. The van der Waals surface area contributed by atoms with Crippen molar-refractivity contribution in [3.05, 3.63) is 29.5 Å². The zero-order valence-electron chi connectivity index (χ0n) is 18.3. The molecule has 2 heterocycles. The zero-order valence-corrected chi connectivity index (χ0v) is 19.1. The third kappa shape index (κ3) is 7.87. The Balaban J connectivity index is 2.33. The first kappa shape index (κ1) is 24.7. The van der Waals surface area contributed by atoms with E-state index >= 15 is 0 Å². The second-order valence-electron chi connectivity index (χ2n) is 7.78. The summed E-state index contributed by atoms with van der Waals surface area (Å²) in [5, 5.41) is 12.6. The van der Waals surface area contributed by atoms with Crippen molar-refractivity contribution in [1.82, 2.24) is 19.9 Å². The van der Waals surface area contributed by atoms with Crippen molar-refractivity contribution in [3.8, 4) is 5.88 Å². The maximum absolute atomic E-state index is 14.4. The van der Waals surface area contributed by atoms with Crippen LogP contribution in [0.4, 0.5) is 16.3 Å². The first-order valence-corrected chi connectivity index (χ1v) is 11.7. The number of ether oxygens (including phenoxy) is 1. The van der Waals surface area contributed by atoms with E-state index in [1.54, 1.807) is 6.92 Å². The van der Waals surface area contributed by atoms with Gasteiger partial charge in [-0.2, -0.15) is 15.0 Å². The lowest BCUT2D eigenvalue weighted by atomic mass is 9.98. The van der Waals surface area contributed by atoms with Crippen LogP contribution in [0.3, 0.4) is 0 Å². The number of anilines is 2. The van der Waals surface area contributed by atoms with Gasteiger partial charge in [-0.25, -0.2) is 17.8 Å². The molecule has 0 amide bonds. The Bertz CT molecular complexity index is 989. The first-order chi connectivity index (χ1) is 14.5. The SMILES string of the molecule is COc1cc(F)c([C@H](C)Cc2nc(N[C@@H](CO)CC(C)C)nc(NS(C)(=O)=O)n2)cn1. The highest BCUT2D eigenvalue weighted by Gasteiger charge is 2.19. The summed E-state index contributed by atoms with van der Waals surface area (Å²) in [7, 11) is -2.22. The quantitative estimate of drug-likeness (QED) is 0.463. The van der Waals surface area contributed by atoms with Gasteiger partial charge in [0, 0.05) is 24.2 Å². The molecule has 12 heteroatoms. The average molecular weight is 457 g/mol. The van der Waals surface area contributed by atoms with Gasteiger partial charge in [-0.1, -0.05) is 20.8 Å². The van der Waals surface area contributed by atoms with Crippen molar-refractivity contribution in [2.45, 2.75) is 45.6 Å². The molecule has 31 heavy (non-hydrogen) atoms. The standard InChI is InChI=1S/C19H29FN6O4S/c1-11(2)6-13(10-27)22-18-23-16(24-19(25-18)26-31(5,28)29)7-12(3)14-9-21-17(30-4)8-15(14)20/h8-9,11-13,27H,6-7,10H2,1-5H3,(H2,22,23,24,25,26)/t12-,13-/m1/s1. The van der Waals surface area contributed by atoms with Gasteiger partial charge in [0.1, 0.15) is 11.6 Å². The van der Waals surface area contributed by atoms with Crippen molar-refractivity contribution >= 4 is 21.9 Å². The Kier molecular flexibility index (Phi) is 8.45. The van der Waals surface area contributed by atoms with Gasteiger partial charge in [-0.15, -0.1) is 0 Å². The fourth-order valence-corrected chi connectivity index (χ4v) is 3.42. The van der Waals surface area contributed by atoms with Crippen LogP contribution in [-0.4, -0.2) is 59.5 Å². The summed E-state index contributed by atoms with van der Waals surface area (Å²) in [6.45, 7) is 5.66. The summed E-state index contributed by atoms with van der Waals surface area (Å²) in [5.41, 5.74) is 0.349. The minimum Gasteiger partial charge on any atom is -0.481 e. The van der Waals surface area contributed by atoms with Gasteiger partial charge in [0.25, 0.3) is 0 Å². The lowest BCUT2D eigenvalue weighted by Gasteiger charge is -2.19. The summed E-state index contributed by atoms with van der Waals surface area (Å²) in [6.07, 6.45) is 3.24. The summed E-state index contributed by atoms with van der Waals surface area (Å²) < 4.78 is 44.9. The van der Waals surface area contributed by atoms with Gasteiger partial charge in [-0.05, 0) is 18.3 Å². The Morgan fingerprint density at radius 3 is 2.42 bits per heavy atom. The Morgan fingerprint density at radius 1 is 1.19 bits per heavy atom. The van der Waals surface area contributed by atoms with Gasteiger partial charge < -0.3 is 15.2 Å². The molecule has 3 N–H and O–H groups in total. The lowest BCUT2D eigenvalue weighted by Crippen LogP contribution is -2.27. The van der Waals surface area contributed by atoms with Crippen molar-refractivity contribution in [3.63, 3.8) is 0 Å².